The van der Waals surface area contributed by atoms with Gasteiger partial charge < -0.3 is 15.4 Å². The number of amides is 2. The Balaban J connectivity index is 1.77. The molecule has 2 amide bonds. The first-order chi connectivity index (χ1) is 12.7. The molecule has 1 aliphatic heterocycles. The van der Waals surface area contributed by atoms with Gasteiger partial charge in [-0.05, 0) is 24.3 Å². The lowest BCUT2D eigenvalue weighted by atomic mass is 10.1. The van der Waals surface area contributed by atoms with Crippen LogP contribution in [0.1, 0.15) is 16.8 Å². The normalized spacial score (nSPS) is 19.9. The Kier molecular flexibility index (Phi) is 7.28. The molecule has 27 heavy (non-hydrogen) atoms. The first kappa shape index (κ1) is 21.3. The van der Waals surface area contributed by atoms with Crippen LogP contribution in [0.2, 0.25) is 0 Å². The fourth-order valence-corrected chi connectivity index (χ4v) is 3.78. The SMILES string of the molecule is CN(C)S(=O)(=O)C[C@@H]1COC[C@H]1NC(=O)CCNC(=O)c1ccc(F)cc1. The summed E-state index contributed by atoms with van der Waals surface area (Å²) in [7, 11) is -0.472. The highest BCUT2D eigenvalue weighted by atomic mass is 32.2. The van der Waals surface area contributed by atoms with Crippen LogP contribution in [0.4, 0.5) is 4.39 Å². The Morgan fingerprint density at radius 2 is 1.89 bits per heavy atom. The minimum absolute atomic E-state index is 0.0383. The molecule has 1 saturated heterocycles. The zero-order valence-corrected chi connectivity index (χ0v) is 16.1. The standard InChI is InChI=1S/C17H24FN3O5S/c1-21(2)27(24,25)11-13-9-26-10-15(13)20-16(22)7-8-19-17(23)12-3-5-14(18)6-4-12/h3-6,13,15H,7-11H2,1-2H3,(H,19,23)(H,20,22)/t13-,15+/m0/s1. The number of nitrogens with zero attached hydrogens (tertiary/aromatic N) is 1. The molecule has 2 atom stereocenters. The van der Waals surface area contributed by atoms with Crippen molar-refractivity contribution in [2.45, 2.75) is 12.5 Å². The van der Waals surface area contributed by atoms with Crippen molar-refractivity contribution in [1.82, 2.24) is 14.9 Å². The van der Waals surface area contributed by atoms with Crippen molar-refractivity contribution < 1.29 is 27.1 Å². The molecule has 2 N–H and O–H groups in total. The van der Waals surface area contributed by atoms with Crippen LogP contribution in [0.15, 0.2) is 24.3 Å². The maximum absolute atomic E-state index is 12.8. The van der Waals surface area contributed by atoms with Gasteiger partial charge >= 0.3 is 0 Å². The van der Waals surface area contributed by atoms with E-state index in [1.165, 1.54) is 38.4 Å². The van der Waals surface area contributed by atoms with Gasteiger partial charge in [-0.2, -0.15) is 0 Å². The number of halogens is 1. The average Bonchev–Trinajstić information content (AvgIpc) is 3.01. The van der Waals surface area contributed by atoms with Gasteiger partial charge in [0, 0.05) is 38.5 Å². The van der Waals surface area contributed by atoms with Gasteiger partial charge in [0.2, 0.25) is 15.9 Å². The molecule has 1 aliphatic rings. The minimum atomic E-state index is -3.39. The zero-order chi connectivity index (χ0) is 20.0. The molecule has 10 heteroatoms. The van der Waals surface area contributed by atoms with Gasteiger partial charge in [-0.25, -0.2) is 17.1 Å². The summed E-state index contributed by atoms with van der Waals surface area (Å²) in [4.78, 5) is 24.0. The summed E-state index contributed by atoms with van der Waals surface area (Å²) in [5.74, 6) is -1.57. The molecule has 0 radical (unpaired) electrons. The van der Waals surface area contributed by atoms with Crippen molar-refractivity contribution in [2.24, 2.45) is 5.92 Å². The average molecular weight is 401 g/mol. The molecular weight excluding hydrogens is 377 g/mol. The van der Waals surface area contributed by atoms with Gasteiger partial charge in [-0.1, -0.05) is 0 Å². The summed E-state index contributed by atoms with van der Waals surface area (Å²) in [6.45, 7) is 0.622. The van der Waals surface area contributed by atoms with Gasteiger partial charge in [-0.3, -0.25) is 9.59 Å². The fourth-order valence-electron chi connectivity index (χ4n) is 2.61. The highest BCUT2D eigenvalue weighted by molar-refractivity contribution is 7.89. The quantitative estimate of drug-likeness (QED) is 0.637. The fraction of sp³-hybridized carbons (Fsp3) is 0.529. The lowest BCUT2D eigenvalue weighted by Crippen LogP contribution is -2.44. The van der Waals surface area contributed by atoms with Crippen LogP contribution in [0.5, 0.6) is 0 Å². The molecule has 1 fully saturated rings. The van der Waals surface area contributed by atoms with Crippen LogP contribution in [-0.4, -0.2) is 70.2 Å². The number of carbonyl (C=O) groups excluding carboxylic acids is 2. The van der Waals surface area contributed by atoms with Gasteiger partial charge in [0.25, 0.3) is 5.91 Å². The van der Waals surface area contributed by atoms with Crippen molar-refractivity contribution >= 4 is 21.8 Å². The summed E-state index contributed by atoms with van der Waals surface area (Å²) in [5.41, 5.74) is 0.301. The zero-order valence-electron chi connectivity index (χ0n) is 15.3. The molecular formula is C17H24FN3O5S. The number of nitrogens with one attached hydrogen (secondary N) is 2. The first-order valence-electron chi connectivity index (χ1n) is 8.50. The minimum Gasteiger partial charge on any atom is -0.379 e. The van der Waals surface area contributed by atoms with Crippen LogP contribution in [0.25, 0.3) is 0 Å². The van der Waals surface area contributed by atoms with E-state index in [1.807, 2.05) is 0 Å². The molecule has 0 spiro atoms. The second-order valence-corrected chi connectivity index (χ2v) is 8.77. The third-order valence-corrected chi connectivity index (χ3v) is 6.23. The lowest BCUT2D eigenvalue weighted by molar-refractivity contribution is -0.121. The van der Waals surface area contributed by atoms with Gasteiger partial charge in [0.05, 0.1) is 25.0 Å². The number of rotatable bonds is 8. The van der Waals surface area contributed by atoms with Crippen molar-refractivity contribution in [2.75, 3.05) is 39.6 Å². The molecule has 0 aliphatic carbocycles. The van der Waals surface area contributed by atoms with Crippen LogP contribution in [-0.2, 0) is 19.6 Å². The molecule has 0 bridgehead atoms. The van der Waals surface area contributed by atoms with Crippen LogP contribution in [0, 0.1) is 11.7 Å². The van der Waals surface area contributed by atoms with E-state index in [0.717, 1.165) is 4.31 Å². The number of hydrogen-bond acceptors (Lipinski definition) is 5. The Morgan fingerprint density at radius 3 is 2.52 bits per heavy atom. The third-order valence-electron chi connectivity index (χ3n) is 4.27. The van der Waals surface area contributed by atoms with Gasteiger partial charge in [0.1, 0.15) is 5.82 Å². The van der Waals surface area contributed by atoms with E-state index in [-0.39, 0.29) is 49.8 Å². The van der Waals surface area contributed by atoms with E-state index in [0.29, 0.717) is 5.56 Å². The molecule has 0 unspecified atom stereocenters. The molecule has 1 heterocycles. The summed E-state index contributed by atoms with van der Waals surface area (Å²) < 4.78 is 43.3. The van der Waals surface area contributed by atoms with E-state index in [9.17, 15) is 22.4 Å². The van der Waals surface area contributed by atoms with Crippen molar-refractivity contribution in [3.05, 3.63) is 35.6 Å². The molecule has 1 aromatic carbocycles. The highest BCUT2D eigenvalue weighted by Gasteiger charge is 2.34. The topological polar surface area (TPSA) is 105 Å². The first-order valence-corrected chi connectivity index (χ1v) is 10.1. The number of carbonyl (C=O) groups is 2. The Labute approximate surface area is 158 Å². The summed E-state index contributed by atoms with van der Waals surface area (Å²) in [6, 6.07) is 4.69. The number of benzene rings is 1. The third kappa shape index (κ3) is 6.26. The molecule has 2 rings (SSSR count). The maximum Gasteiger partial charge on any atom is 0.251 e. The Bertz CT molecular complexity index is 767. The predicted octanol–water partition coefficient (Wildman–Crippen LogP) is -0.0318. The Morgan fingerprint density at radius 1 is 1.22 bits per heavy atom. The van der Waals surface area contributed by atoms with Crippen molar-refractivity contribution in [1.29, 1.82) is 0 Å². The van der Waals surface area contributed by atoms with E-state index in [2.05, 4.69) is 10.6 Å². The summed E-state index contributed by atoms with van der Waals surface area (Å²) in [6.07, 6.45) is 0.0383. The monoisotopic (exact) mass is 401 g/mol. The van der Waals surface area contributed by atoms with Crippen molar-refractivity contribution in [3.8, 4) is 0 Å². The lowest BCUT2D eigenvalue weighted by Gasteiger charge is -2.21. The van der Waals surface area contributed by atoms with Crippen LogP contribution < -0.4 is 10.6 Å². The van der Waals surface area contributed by atoms with E-state index in [4.69, 9.17) is 4.74 Å². The maximum atomic E-state index is 12.8. The largest absolute Gasteiger partial charge is 0.379 e. The Hall–Kier alpha value is -2.04. The van der Waals surface area contributed by atoms with Crippen LogP contribution >= 0.6 is 0 Å². The van der Waals surface area contributed by atoms with E-state index >= 15 is 0 Å². The molecule has 1 aromatic rings. The highest BCUT2D eigenvalue weighted by Crippen LogP contribution is 2.17. The summed E-state index contributed by atoms with van der Waals surface area (Å²) in [5, 5.41) is 5.35. The van der Waals surface area contributed by atoms with E-state index < -0.39 is 21.7 Å². The summed E-state index contributed by atoms with van der Waals surface area (Å²) >= 11 is 0. The molecule has 8 nitrogen and oxygen atoms in total. The molecule has 0 aromatic heterocycles. The molecule has 150 valence electrons. The number of sulfonamides is 1. The predicted molar refractivity (Wildman–Crippen MR) is 97.1 cm³/mol. The van der Waals surface area contributed by atoms with Gasteiger partial charge in [-0.15, -0.1) is 0 Å². The number of hydrogen-bond donors (Lipinski definition) is 2. The van der Waals surface area contributed by atoms with Crippen molar-refractivity contribution in [3.63, 3.8) is 0 Å². The molecule has 0 saturated carbocycles. The van der Waals surface area contributed by atoms with Gasteiger partial charge in [0.15, 0.2) is 0 Å². The van der Waals surface area contributed by atoms with Crippen LogP contribution in [0.3, 0.4) is 0 Å². The smallest absolute Gasteiger partial charge is 0.251 e. The van der Waals surface area contributed by atoms with E-state index in [1.54, 1.807) is 0 Å². The second kappa shape index (κ2) is 9.25. The second-order valence-electron chi connectivity index (χ2n) is 6.55. The number of ether oxygens (including phenoxy) is 1.